The topological polar surface area (TPSA) is 54.9 Å². The molecule has 0 aliphatic rings. The Labute approximate surface area is 140 Å². The lowest BCUT2D eigenvalue weighted by molar-refractivity contribution is 0.0310. The molecule has 0 saturated carbocycles. The van der Waals surface area contributed by atoms with Gasteiger partial charge in [-0.2, -0.15) is 0 Å². The summed E-state index contributed by atoms with van der Waals surface area (Å²) in [6, 6.07) is 6.32. The zero-order chi connectivity index (χ0) is 17.3. The SMILES string of the molecule is CCNC(=NCC(C)(C)OC)NCCc1ccc(C)c(OC)c1. The Morgan fingerprint density at radius 3 is 2.57 bits per heavy atom. The van der Waals surface area contributed by atoms with Crippen molar-refractivity contribution < 1.29 is 9.47 Å². The number of benzene rings is 1. The summed E-state index contributed by atoms with van der Waals surface area (Å²) in [7, 11) is 3.42. The van der Waals surface area contributed by atoms with Crippen LogP contribution < -0.4 is 15.4 Å². The summed E-state index contributed by atoms with van der Waals surface area (Å²) in [5.41, 5.74) is 2.14. The van der Waals surface area contributed by atoms with Crippen LogP contribution in [0.25, 0.3) is 0 Å². The van der Waals surface area contributed by atoms with E-state index in [1.54, 1.807) is 14.2 Å². The highest BCUT2D eigenvalue weighted by molar-refractivity contribution is 5.79. The van der Waals surface area contributed by atoms with Gasteiger partial charge in [0.25, 0.3) is 0 Å². The van der Waals surface area contributed by atoms with E-state index in [0.717, 1.165) is 36.8 Å². The highest BCUT2D eigenvalue weighted by Gasteiger charge is 2.15. The maximum atomic E-state index is 5.40. The molecule has 0 aromatic heterocycles. The molecule has 1 aromatic carbocycles. The third kappa shape index (κ3) is 6.91. The fraction of sp³-hybridized carbons (Fsp3) is 0.611. The van der Waals surface area contributed by atoms with Crippen LogP contribution in [-0.2, 0) is 11.2 Å². The molecule has 0 spiro atoms. The van der Waals surface area contributed by atoms with E-state index in [-0.39, 0.29) is 5.60 Å². The minimum absolute atomic E-state index is 0.257. The van der Waals surface area contributed by atoms with E-state index in [9.17, 15) is 0 Å². The number of hydrogen-bond donors (Lipinski definition) is 2. The van der Waals surface area contributed by atoms with Gasteiger partial charge in [-0.15, -0.1) is 0 Å². The van der Waals surface area contributed by atoms with Crippen molar-refractivity contribution >= 4 is 5.96 Å². The molecule has 0 aliphatic carbocycles. The number of nitrogens with zero attached hydrogens (tertiary/aromatic N) is 1. The quantitative estimate of drug-likeness (QED) is 0.571. The van der Waals surface area contributed by atoms with E-state index in [4.69, 9.17) is 9.47 Å². The number of guanidine groups is 1. The van der Waals surface area contributed by atoms with Crippen molar-refractivity contribution in [1.29, 1.82) is 0 Å². The molecule has 0 bridgehead atoms. The zero-order valence-corrected chi connectivity index (χ0v) is 15.3. The smallest absolute Gasteiger partial charge is 0.191 e. The van der Waals surface area contributed by atoms with Gasteiger partial charge in [0.15, 0.2) is 5.96 Å². The second-order valence-electron chi connectivity index (χ2n) is 6.14. The molecule has 0 heterocycles. The monoisotopic (exact) mass is 321 g/mol. The van der Waals surface area contributed by atoms with Crippen molar-refractivity contribution in [2.24, 2.45) is 4.99 Å². The molecule has 2 N–H and O–H groups in total. The van der Waals surface area contributed by atoms with Gasteiger partial charge in [-0.05, 0) is 51.3 Å². The second-order valence-corrected chi connectivity index (χ2v) is 6.14. The van der Waals surface area contributed by atoms with Gasteiger partial charge < -0.3 is 20.1 Å². The van der Waals surface area contributed by atoms with Crippen LogP contribution in [0.1, 0.15) is 31.9 Å². The average molecular weight is 321 g/mol. The third-order valence-electron chi connectivity index (χ3n) is 3.69. The normalized spacial score (nSPS) is 12.2. The number of nitrogens with one attached hydrogen (secondary N) is 2. The molecule has 0 radical (unpaired) electrons. The molecule has 5 heteroatoms. The zero-order valence-electron chi connectivity index (χ0n) is 15.3. The summed E-state index contributed by atoms with van der Waals surface area (Å²) in [4.78, 5) is 4.58. The number of methoxy groups -OCH3 is 2. The molecule has 0 amide bonds. The van der Waals surface area contributed by atoms with E-state index >= 15 is 0 Å². The third-order valence-corrected chi connectivity index (χ3v) is 3.69. The van der Waals surface area contributed by atoms with Gasteiger partial charge >= 0.3 is 0 Å². The predicted octanol–water partition coefficient (Wildman–Crippen LogP) is 2.53. The van der Waals surface area contributed by atoms with Crippen molar-refractivity contribution in [2.45, 2.75) is 39.7 Å². The number of rotatable bonds is 8. The molecule has 0 unspecified atom stereocenters. The van der Waals surface area contributed by atoms with E-state index in [1.165, 1.54) is 5.56 Å². The largest absolute Gasteiger partial charge is 0.496 e. The van der Waals surface area contributed by atoms with Crippen molar-refractivity contribution in [3.05, 3.63) is 29.3 Å². The fourth-order valence-corrected chi connectivity index (χ4v) is 2.02. The summed E-state index contributed by atoms with van der Waals surface area (Å²) in [5.74, 6) is 1.75. The Balaban J connectivity index is 2.57. The van der Waals surface area contributed by atoms with E-state index in [1.807, 2.05) is 20.8 Å². The lowest BCUT2D eigenvalue weighted by atomic mass is 10.1. The molecule has 1 rings (SSSR count). The van der Waals surface area contributed by atoms with Crippen LogP contribution in [-0.4, -0.2) is 45.4 Å². The molecule has 0 saturated heterocycles. The van der Waals surface area contributed by atoms with Crippen molar-refractivity contribution in [3.8, 4) is 5.75 Å². The molecular weight excluding hydrogens is 290 g/mol. The number of aryl methyl sites for hydroxylation is 1. The van der Waals surface area contributed by atoms with E-state index in [2.05, 4.69) is 40.7 Å². The van der Waals surface area contributed by atoms with Crippen LogP contribution in [0.4, 0.5) is 0 Å². The lowest BCUT2D eigenvalue weighted by Crippen LogP contribution is -2.40. The van der Waals surface area contributed by atoms with Crippen molar-refractivity contribution in [3.63, 3.8) is 0 Å². The second kappa shape index (κ2) is 9.40. The van der Waals surface area contributed by atoms with Crippen LogP contribution in [0.3, 0.4) is 0 Å². The first-order valence-electron chi connectivity index (χ1n) is 8.12. The molecule has 5 nitrogen and oxygen atoms in total. The van der Waals surface area contributed by atoms with Crippen LogP contribution in [0.5, 0.6) is 5.75 Å². The van der Waals surface area contributed by atoms with Gasteiger partial charge in [0.2, 0.25) is 0 Å². The maximum Gasteiger partial charge on any atom is 0.191 e. The van der Waals surface area contributed by atoms with E-state index in [0.29, 0.717) is 6.54 Å². The molecule has 0 atom stereocenters. The lowest BCUT2D eigenvalue weighted by Gasteiger charge is -2.21. The Bertz CT molecular complexity index is 513. The van der Waals surface area contributed by atoms with Gasteiger partial charge in [-0.3, -0.25) is 4.99 Å². The fourth-order valence-electron chi connectivity index (χ4n) is 2.02. The summed E-state index contributed by atoms with van der Waals surface area (Å²) in [6.45, 7) is 10.4. The van der Waals surface area contributed by atoms with Gasteiger partial charge in [0, 0.05) is 20.2 Å². The average Bonchev–Trinajstić information content (AvgIpc) is 2.54. The van der Waals surface area contributed by atoms with Crippen molar-refractivity contribution in [1.82, 2.24) is 10.6 Å². The van der Waals surface area contributed by atoms with Gasteiger partial charge in [-0.25, -0.2) is 0 Å². The molecule has 0 fully saturated rings. The van der Waals surface area contributed by atoms with Crippen LogP contribution in [0.2, 0.25) is 0 Å². The highest BCUT2D eigenvalue weighted by Crippen LogP contribution is 2.19. The first-order chi connectivity index (χ1) is 10.9. The Morgan fingerprint density at radius 1 is 1.22 bits per heavy atom. The Kier molecular flexibility index (Phi) is 7.89. The van der Waals surface area contributed by atoms with Gasteiger partial charge in [0.05, 0.1) is 19.3 Å². The standard InChI is InChI=1S/C18H31N3O2/c1-7-19-17(21-13-18(3,4)23-6)20-11-10-15-9-8-14(2)16(12-15)22-5/h8-9,12H,7,10-11,13H2,1-6H3,(H2,19,20,21). The minimum atomic E-state index is -0.257. The Hall–Kier alpha value is -1.75. The van der Waals surface area contributed by atoms with E-state index < -0.39 is 0 Å². The first-order valence-corrected chi connectivity index (χ1v) is 8.12. The summed E-state index contributed by atoms with van der Waals surface area (Å²) in [6.07, 6.45) is 0.911. The number of hydrogen-bond acceptors (Lipinski definition) is 3. The maximum absolute atomic E-state index is 5.40. The molecule has 0 aliphatic heterocycles. The predicted molar refractivity (Wildman–Crippen MR) is 96.5 cm³/mol. The number of aliphatic imine (C=N–C) groups is 1. The van der Waals surface area contributed by atoms with Gasteiger partial charge in [-0.1, -0.05) is 12.1 Å². The molecular formula is C18H31N3O2. The molecule has 23 heavy (non-hydrogen) atoms. The summed E-state index contributed by atoms with van der Waals surface area (Å²) in [5, 5.41) is 6.62. The molecule has 1 aromatic rings. The Morgan fingerprint density at radius 2 is 1.96 bits per heavy atom. The molecule has 130 valence electrons. The minimum Gasteiger partial charge on any atom is -0.496 e. The van der Waals surface area contributed by atoms with Gasteiger partial charge in [0.1, 0.15) is 5.75 Å². The van der Waals surface area contributed by atoms with Crippen LogP contribution in [0.15, 0.2) is 23.2 Å². The highest BCUT2D eigenvalue weighted by atomic mass is 16.5. The summed E-state index contributed by atoms with van der Waals surface area (Å²) >= 11 is 0. The number of ether oxygens (including phenoxy) is 2. The van der Waals surface area contributed by atoms with Crippen LogP contribution in [0, 0.1) is 6.92 Å². The van der Waals surface area contributed by atoms with Crippen LogP contribution >= 0.6 is 0 Å². The summed E-state index contributed by atoms with van der Waals surface area (Å²) < 4.78 is 10.8. The first kappa shape index (κ1) is 19.3. The van der Waals surface area contributed by atoms with Crippen molar-refractivity contribution in [2.75, 3.05) is 33.9 Å².